The van der Waals surface area contributed by atoms with E-state index >= 15 is 0 Å². The molecular weight excluding hydrogens is 322 g/mol. The Morgan fingerprint density at radius 3 is 2.56 bits per heavy atom. The number of rotatable bonds is 2. The van der Waals surface area contributed by atoms with E-state index in [0.29, 0.717) is 24.9 Å². The minimum absolute atomic E-state index is 0.176. The van der Waals surface area contributed by atoms with Crippen LogP contribution in [0, 0.1) is 23.5 Å². The Balaban J connectivity index is 1.57. The number of hydrogen-bond acceptors (Lipinski definition) is 2. The smallest absolute Gasteiger partial charge is 0.256 e. The minimum atomic E-state index is -0.666. The van der Waals surface area contributed by atoms with Crippen molar-refractivity contribution in [3.05, 3.63) is 71.3 Å². The van der Waals surface area contributed by atoms with E-state index in [1.165, 1.54) is 5.56 Å². The summed E-state index contributed by atoms with van der Waals surface area (Å²) in [5.74, 6) is -1.00. The van der Waals surface area contributed by atoms with Gasteiger partial charge in [0.25, 0.3) is 5.91 Å². The molecule has 3 nitrogen and oxygen atoms in total. The van der Waals surface area contributed by atoms with E-state index in [4.69, 9.17) is 0 Å². The molecule has 2 fully saturated rings. The van der Waals surface area contributed by atoms with Crippen LogP contribution in [0.4, 0.5) is 8.78 Å². The highest BCUT2D eigenvalue weighted by atomic mass is 19.1. The predicted octanol–water partition coefficient (Wildman–Crippen LogP) is 3.34. The van der Waals surface area contributed by atoms with Crippen molar-refractivity contribution in [1.82, 2.24) is 9.80 Å². The standard InChI is InChI=1S/C20H20F2N2O/c1-23-10-14-11-24(20(25)16-9-15(21)7-8-18(16)22)12-17(14)19(23)13-5-3-2-4-6-13/h2-9,14,17,19H,10-12H2,1H3/t14-,17+,19-/m0/s1. The van der Waals surface area contributed by atoms with Gasteiger partial charge in [0.15, 0.2) is 0 Å². The number of halogens is 2. The van der Waals surface area contributed by atoms with Gasteiger partial charge < -0.3 is 4.90 Å². The number of fused-ring (bicyclic) bond motifs is 1. The monoisotopic (exact) mass is 342 g/mol. The quantitative estimate of drug-likeness (QED) is 0.836. The molecule has 2 heterocycles. The first kappa shape index (κ1) is 16.2. The van der Waals surface area contributed by atoms with E-state index in [2.05, 4.69) is 24.1 Å². The predicted molar refractivity (Wildman–Crippen MR) is 91.1 cm³/mol. The lowest BCUT2D eigenvalue weighted by Gasteiger charge is -2.27. The number of carbonyl (C=O) groups excluding carboxylic acids is 1. The molecule has 3 atom stereocenters. The largest absolute Gasteiger partial charge is 0.338 e. The molecule has 0 N–H and O–H groups in total. The van der Waals surface area contributed by atoms with Gasteiger partial charge in [-0.2, -0.15) is 0 Å². The van der Waals surface area contributed by atoms with Gasteiger partial charge in [0, 0.05) is 31.6 Å². The number of amides is 1. The van der Waals surface area contributed by atoms with Crippen molar-refractivity contribution in [2.24, 2.45) is 11.8 Å². The second-order valence-electron chi connectivity index (χ2n) is 7.05. The van der Waals surface area contributed by atoms with Crippen LogP contribution in [0.25, 0.3) is 0 Å². The number of nitrogens with zero attached hydrogens (tertiary/aromatic N) is 2. The fourth-order valence-corrected chi connectivity index (χ4v) is 4.41. The Morgan fingerprint density at radius 1 is 1.04 bits per heavy atom. The number of hydrogen-bond donors (Lipinski definition) is 0. The minimum Gasteiger partial charge on any atom is -0.338 e. The molecule has 1 amide bonds. The van der Waals surface area contributed by atoms with Gasteiger partial charge in [-0.3, -0.25) is 9.69 Å². The van der Waals surface area contributed by atoms with Crippen molar-refractivity contribution in [3.8, 4) is 0 Å². The maximum atomic E-state index is 13.9. The van der Waals surface area contributed by atoms with Gasteiger partial charge in [-0.05, 0) is 36.7 Å². The fourth-order valence-electron chi connectivity index (χ4n) is 4.41. The molecule has 0 saturated carbocycles. The van der Waals surface area contributed by atoms with Crippen molar-refractivity contribution in [2.75, 3.05) is 26.7 Å². The first-order valence-corrected chi connectivity index (χ1v) is 8.54. The molecule has 0 aliphatic carbocycles. The molecular formula is C20H20F2N2O. The summed E-state index contributed by atoms with van der Waals surface area (Å²) in [6, 6.07) is 13.6. The summed E-state index contributed by atoms with van der Waals surface area (Å²) in [6.07, 6.45) is 0. The third-order valence-electron chi connectivity index (χ3n) is 5.48. The summed E-state index contributed by atoms with van der Waals surface area (Å²) in [5.41, 5.74) is 1.06. The van der Waals surface area contributed by atoms with Crippen LogP contribution in [0.5, 0.6) is 0 Å². The van der Waals surface area contributed by atoms with E-state index in [-0.39, 0.29) is 11.6 Å². The lowest BCUT2D eigenvalue weighted by molar-refractivity contribution is 0.0762. The summed E-state index contributed by atoms with van der Waals surface area (Å²) in [5, 5.41) is 0. The van der Waals surface area contributed by atoms with Gasteiger partial charge in [-0.1, -0.05) is 30.3 Å². The molecule has 0 aromatic heterocycles. The van der Waals surface area contributed by atoms with Crippen molar-refractivity contribution >= 4 is 5.91 Å². The zero-order valence-corrected chi connectivity index (χ0v) is 14.0. The molecule has 0 unspecified atom stereocenters. The highest BCUT2D eigenvalue weighted by Crippen LogP contribution is 2.44. The van der Waals surface area contributed by atoms with Crippen LogP contribution in [-0.2, 0) is 0 Å². The average molecular weight is 342 g/mol. The van der Waals surface area contributed by atoms with E-state index in [9.17, 15) is 13.6 Å². The third-order valence-corrected chi connectivity index (χ3v) is 5.48. The van der Waals surface area contributed by atoms with Crippen LogP contribution >= 0.6 is 0 Å². The molecule has 0 spiro atoms. The number of likely N-dealkylation sites (tertiary alicyclic amines) is 2. The van der Waals surface area contributed by atoms with E-state index in [1.54, 1.807) is 4.90 Å². The van der Waals surface area contributed by atoms with Crippen LogP contribution in [0.1, 0.15) is 22.0 Å². The second-order valence-corrected chi connectivity index (χ2v) is 7.05. The first-order valence-electron chi connectivity index (χ1n) is 8.54. The van der Waals surface area contributed by atoms with E-state index in [0.717, 1.165) is 24.7 Å². The summed E-state index contributed by atoms with van der Waals surface area (Å²) in [7, 11) is 2.11. The summed E-state index contributed by atoms with van der Waals surface area (Å²) < 4.78 is 27.4. The topological polar surface area (TPSA) is 23.6 Å². The molecule has 2 aliphatic rings. The van der Waals surface area contributed by atoms with Crippen molar-refractivity contribution < 1.29 is 13.6 Å². The highest BCUT2D eigenvalue weighted by molar-refractivity contribution is 5.94. The molecule has 130 valence electrons. The molecule has 25 heavy (non-hydrogen) atoms. The zero-order chi connectivity index (χ0) is 17.6. The summed E-state index contributed by atoms with van der Waals surface area (Å²) in [4.78, 5) is 16.7. The average Bonchev–Trinajstić information content (AvgIpc) is 3.13. The number of benzene rings is 2. The van der Waals surface area contributed by atoms with Crippen molar-refractivity contribution in [3.63, 3.8) is 0 Å². The Morgan fingerprint density at radius 2 is 1.80 bits per heavy atom. The van der Waals surface area contributed by atoms with Crippen LogP contribution in [0.3, 0.4) is 0 Å². The van der Waals surface area contributed by atoms with Gasteiger partial charge >= 0.3 is 0 Å². The molecule has 2 saturated heterocycles. The lowest BCUT2D eigenvalue weighted by atomic mass is 9.90. The van der Waals surface area contributed by atoms with Gasteiger partial charge in [-0.15, -0.1) is 0 Å². The normalized spacial score (nSPS) is 26.0. The molecule has 2 aliphatic heterocycles. The Hall–Kier alpha value is -2.27. The molecule has 2 aromatic rings. The van der Waals surface area contributed by atoms with Crippen molar-refractivity contribution in [2.45, 2.75) is 6.04 Å². The Bertz CT molecular complexity index is 796. The second kappa shape index (κ2) is 6.23. The first-order chi connectivity index (χ1) is 12.0. The van der Waals surface area contributed by atoms with Crippen molar-refractivity contribution in [1.29, 1.82) is 0 Å². The Labute approximate surface area is 145 Å². The zero-order valence-electron chi connectivity index (χ0n) is 14.0. The van der Waals surface area contributed by atoms with Gasteiger partial charge in [-0.25, -0.2) is 8.78 Å². The van der Waals surface area contributed by atoms with E-state index < -0.39 is 17.5 Å². The number of carbonyl (C=O) groups is 1. The molecule has 0 radical (unpaired) electrons. The van der Waals surface area contributed by atoms with Crippen LogP contribution in [-0.4, -0.2) is 42.4 Å². The maximum Gasteiger partial charge on any atom is 0.256 e. The maximum absolute atomic E-state index is 13.9. The highest BCUT2D eigenvalue weighted by Gasteiger charge is 2.47. The lowest BCUT2D eigenvalue weighted by Crippen LogP contribution is -2.34. The van der Waals surface area contributed by atoms with Gasteiger partial charge in [0.2, 0.25) is 0 Å². The van der Waals surface area contributed by atoms with Crippen LogP contribution in [0.15, 0.2) is 48.5 Å². The van der Waals surface area contributed by atoms with Crippen LogP contribution < -0.4 is 0 Å². The SMILES string of the molecule is CN1C[C@H]2CN(C(=O)c3cc(F)ccc3F)C[C@H]2[C@@H]1c1ccccc1. The molecule has 2 aromatic carbocycles. The van der Waals surface area contributed by atoms with Crippen LogP contribution in [0.2, 0.25) is 0 Å². The summed E-state index contributed by atoms with van der Waals surface area (Å²) in [6.45, 7) is 2.07. The molecule has 4 rings (SSSR count). The Kier molecular flexibility index (Phi) is 4.04. The molecule has 0 bridgehead atoms. The van der Waals surface area contributed by atoms with Gasteiger partial charge in [0.05, 0.1) is 5.56 Å². The fraction of sp³-hybridized carbons (Fsp3) is 0.350. The third kappa shape index (κ3) is 2.82. The van der Waals surface area contributed by atoms with Gasteiger partial charge in [0.1, 0.15) is 11.6 Å². The van der Waals surface area contributed by atoms with E-state index in [1.807, 2.05) is 18.2 Å². The molecule has 5 heteroatoms. The summed E-state index contributed by atoms with van der Waals surface area (Å²) >= 11 is 0.